The molecule has 7 nitrogen and oxygen atoms in total. The van der Waals surface area contributed by atoms with E-state index in [4.69, 9.17) is 24.5 Å². The first kappa shape index (κ1) is 16.3. The molecule has 3 N–H and O–H groups in total. The van der Waals surface area contributed by atoms with E-state index in [1.807, 2.05) is 16.8 Å². The molecule has 1 unspecified atom stereocenters. The molecule has 0 aliphatic carbocycles. The van der Waals surface area contributed by atoms with Gasteiger partial charge in [-0.05, 0) is 25.0 Å². The van der Waals surface area contributed by atoms with Crippen LogP contribution in [-0.2, 0) is 11.0 Å². The highest BCUT2D eigenvalue weighted by molar-refractivity contribution is 7.45. The van der Waals surface area contributed by atoms with Crippen LogP contribution >= 0.6 is 7.82 Å². The summed E-state index contributed by atoms with van der Waals surface area (Å²) in [7, 11) is -4.64. The van der Waals surface area contributed by atoms with Crippen LogP contribution in [0.1, 0.15) is 29.3 Å². The average Bonchev–Trinajstić information content (AvgIpc) is 2.99. The molecule has 2 aromatic rings. The molecular formula is C13H13FN3O4P. The number of hydrogen-bond donors (Lipinski definition) is 3. The number of benzene rings is 1. The van der Waals surface area contributed by atoms with Crippen molar-refractivity contribution in [3.63, 3.8) is 0 Å². The SMILES string of the molecule is N#Cc1ccc(C2CCc3cncn32)c(F)c1.O=P(O)(O)O. The second-order valence-corrected chi connectivity index (χ2v) is 5.73. The summed E-state index contributed by atoms with van der Waals surface area (Å²) < 4.78 is 24.8. The van der Waals surface area contributed by atoms with Gasteiger partial charge in [0, 0.05) is 17.5 Å². The van der Waals surface area contributed by atoms with Crippen LogP contribution in [0.15, 0.2) is 30.7 Å². The Morgan fingerprint density at radius 1 is 1.41 bits per heavy atom. The summed E-state index contributed by atoms with van der Waals surface area (Å²) in [6.07, 6.45) is 5.37. The Morgan fingerprint density at radius 3 is 2.68 bits per heavy atom. The molecule has 0 saturated carbocycles. The van der Waals surface area contributed by atoms with E-state index < -0.39 is 7.82 Å². The maximum Gasteiger partial charge on any atom is 0.466 e. The molecule has 3 rings (SSSR count). The normalized spacial score (nSPS) is 16.4. The predicted molar refractivity (Wildman–Crippen MR) is 74.1 cm³/mol. The van der Waals surface area contributed by atoms with Gasteiger partial charge in [0.15, 0.2) is 0 Å². The second-order valence-electron chi connectivity index (χ2n) is 4.71. The molecule has 9 heteroatoms. The summed E-state index contributed by atoms with van der Waals surface area (Å²) in [6.45, 7) is 0. The van der Waals surface area contributed by atoms with Gasteiger partial charge >= 0.3 is 7.82 Å². The summed E-state index contributed by atoms with van der Waals surface area (Å²) >= 11 is 0. The summed E-state index contributed by atoms with van der Waals surface area (Å²) in [5, 5.41) is 8.71. The van der Waals surface area contributed by atoms with E-state index in [9.17, 15) is 4.39 Å². The highest BCUT2D eigenvalue weighted by Gasteiger charge is 2.25. The number of fused-ring (bicyclic) bond motifs is 1. The average molecular weight is 325 g/mol. The highest BCUT2D eigenvalue weighted by Crippen LogP contribution is 2.32. The number of halogens is 1. The number of aromatic nitrogens is 2. The minimum Gasteiger partial charge on any atom is -0.327 e. The van der Waals surface area contributed by atoms with Crippen LogP contribution in [0.2, 0.25) is 0 Å². The first-order valence-corrected chi connectivity index (χ1v) is 7.84. The van der Waals surface area contributed by atoms with Crippen molar-refractivity contribution in [1.29, 1.82) is 5.26 Å². The van der Waals surface area contributed by atoms with Crippen LogP contribution in [0.4, 0.5) is 4.39 Å². The molecule has 1 aromatic heterocycles. The van der Waals surface area contributed by atoms with Crippen LogP contribution in [-0.4, -0.2) is 24.2 Å². The van der Waals surface area contributed by atoms with Crippen LogP contribution in [0.3, 0.4) is 0 Å². The molecule has 1 aliphatic heterocycles. The summed E-state index contributed by atoms with van der Waals surface area (Å²) in [4.78, 5) is 25.6. The van der Waals surface area contributed by atoms with Crippen molar-refractivity contribution in [3.8, 4) is 6.07 Å². The fraction of sp³-hybridized carbons (Fsp3) is 0.231. The fourth-order valence-electron chi connectivity index (χ4n) is 2.40. The molecule has 0 radical (unpaired) electrons. The van der Waals surface area contributed by atoms with Crippen LogP contribution in [0.25, 0.3) is 0 Å². The van der Waals surface area contributed by atoms with E-state index in [-0.39, 0.29) is 11.9 Å². The van der Waals surface area contributed by atoms with Gasteiger partial charge in [-0.1, -0.05) is 6.07 Å². The third kappa shape index (κ3) is 4.00. The Morgan fingerprint density at radius 2 is 2.09 bits per heavy atom. The smallest absolute Gasteiger partial charge is 0.327 e. The van der Waals surface area contributed by atoms with Gasteiger partial charge in [-0.25, -0.2) is 13.9 Å². The monoisotopic (exact) mass is 325 g/mol. The third-order valence-corrected chi connectivity index (χ3v) is 3.24. The standard InChI is InChI=1S/C13H10FN3.H3O4P/c14-12-5-9(6-15)1-3-11(12)13-4-2-10-7-16-8-17(10)13;1-5(2,3)4/h1,3,5,7-8,13H,2,4H2;(H3,1,2,3,4). The zero-order valence-corrected chi connectivity index (χ0v) is 12.2. The number of nitriles is 1. The number of rotatable bonds is 1. The molecule has 1 aliphatic rings. The van der Waals surface area contributed by atoms with Gasteiger partial charge in [0.1, 0.15) is 5.82 Å². The molecule has 0 bridgehead atoms. The summed E-state index contributed by atoms with van der Waals surface area (Å²) in [5.41, 5.74) is 2.13. The number of phosphoric acid groups is 1. The first-order valence-electron chi connectivity index (χ1n) is 6.28. The number of imidazole rings is 1. The molecule has 0 saturated heterocycles. The third-order valence-electron chi connectivity index (χ3n) is 3.24. The van der Waals surface area contributed by atoms with Crippen LogP contribution in [0.5, 0.6) is 0 Å². The molecule has 116 valence electrons. The van der Waals surface area contributed by atoms with Gasteiger partial charge in [0.05, 0.1) is 24.0 Å². The number of aryl methyl sites for hydroxylation is 1. The molecule has 1 atom stereocenters. The lowest BCUT2D eigenvalue weighted by Gasteiger charge is -2.14. The largest absolute Gasteiger partial charge is 0.466 e. The van der Waals surface area contributed by atoms with E-state index in [1.54, 1.807) is 18.5 Å². The van der Waals surface area contributed by atoms with Crippen molar-refractivity contribution < 1.29 is 23.6 Å². The van der Waals surface area contributed by atoms with E-state index >= 15 is 0 Å². The fourth-order valence-corrected chi connectivity index (χ4v) is 2.40. The second kappa shape index (κ2) is 6.38. The first-order chi connectivity index (χ1) is 10.3. The topological polar surface area (TPSA) is 119 Å². The summed E-state index contributed by atoms with van der Waals surface area (Å²) in [5.74, 6) is -0.310. The lowest BCUT2D eigenvalue weighted by molar-refractivity contribution is 0.275. The van der Waals surface area contributed by atoms with Crippen molar-refractivity contribution in [1.82, 2.24) is 9.55 Å². The van der Waals surface area contributed by atoms with Gasteiger partial charge < -0.3 is 19.2 Å². The van der Waals surface area contributed by atoms with E-state index in [0.717, 1.165) is 18.5 Å². The van der Waals surface area contributed by atoms with E-state index in [2.05, 4.69) is 4.98 Å². The molecule has 2 heterocycles. The van der Waals surface area contributed by atoms with Crippen molar-refractivity contribution in [2.45, 2.75) is 18.9 Å². The zero-order chi connectivity index (χ0) is 16.3. The van der Waals surface area contributed by atoms with E-state index in [1.165, 1.54) is 6.07 Å². The van der Waals surface area contributed by atoms with Crippen molar-refractivity contribution >= 4 is 7.82 Å². The van der Waals surface area contributed by atoms with Gasteiger partial charge in [-0.15, -0.1) is 0 Å². The van der Waals surface area contributed by atoms with Gasteiger partial charge in [-0.3, -0.25) is 0 Å². The lowest BCUT2D eigenvalue weighted by atomic mass is 10.0. The van der Waals surface area contributed by atoms with Crippen molar-refractivity contribution in [3.05, 3.63) is 53.4 Å². The molecular weight excluding hydrogens is 312 g/mol. The Kier molecular flexibility index (Phi) is 4.74. The molecule has 0 amide bonds. The minimum atomic E-state index is -4.64. The zero-order valence-electron chi connectivity index (χ0n) is 11.3. The van der Waals surface area contributed by atoms with Gasteiger partial charge in [-0.2, -0.15) is 5.26 Å². The highest BCUT2D eigenvalue weighted by atomic mass is 31.2. The molecule has 0 fully saturated rings. The summed E-state index contributed by atoms with van der Waals surface area (Å²) in [6, 6.07) is 6.61. The van der Waals surface area contributed by atoms with Crippen molar-refractivity contribution in [2.75, 3.05) is 0 Å². The minimum absolute atomic E-state index is 0.0141. The lowest BCUT2D eigenvalue weighted by Crippen LogP contribution is -2.06. The number of nitrogens with zero attached hydrogens (tertiary/aromatic N) is 3. The van der Waals surface area contributed by atoms with Crippen molar-refractivity contribution in [2.24, 2.45) is 0 Å². The Balaban J connectivity index is 0.000000309. The Bertz CT molecular complexity index is 757. The maximum absolute atomic E-state index is 13.9. The quantitative estimate of drug-likeness (QED) is 0.684. The molecule has 1 aromatic carbocycles. The number of hydrogen-bond acceptors (Lipinski definition) is 3. The van der Waals surface area contributed by atoms with E-state index in [0.29, 0.717) is 11.1 Å². The van der Waals surface area contributed by atoms with Crippen LogP contribution < -0.4 is 0 Å². The maximum atomic E-state index is 13.9. The van der Waals surface area contributed by atoms with Gasteiger partial charge in [0.25, 0.3) is 0 Å². The Labute approximate surface area is 125 Å². The molecule has 0 spiro atoms. The Hall–Kier alpha value is -2.04. The predicted octanol–water partition coefficient (Wildman–Crippen LogP) is 1.50. The van der Waals surface area contributed by atoms with Gasteiger partial charge in [0.2, 0.25) is 0 Å². The van der Waals surface area contributed by atoms with Crippen LogP contribution in [0, 0.1) is 17.1 Å². The molecule has 22 heavy (non-hydrogen) atoms.